The van der Waals surface area contributed by atoms with Crippen LogP contribution in [0.2, 0.25) is 0 Å². The van der Waals surface area contributed by atoms with Crippen molar-refractivity contribution in [3.8, 4) is 0 Å². The summed E-state index contributed by atoms with van der Waals surface area (Å²) in [5.74, 6) is -2.14. The first-order valence-electron chi connectivity index (χ1n) is 6.02. The molecule has 1 aliphatic rings. The van der Waals surface area contributed by atoms with Crippen molar-refractivity contribution in [2.45, 2.75) is 32.6 Å². The lowest BCUT2D eigenvalue weighted by Crippen LogP contribution is -2.06. The van der Waals surface area contributed by atoms with Crippen molar-refractivity contribution < 1.29 is 19.1 Å². The van der Waals surface area contributed by atoms with Crippen molar-refractivity contribution in [2.75, 3.05) is 0 Å². The van der Waals surface area contributed by atoms with Crippen LogP contribution in [0.25, 0.3) is 0 Å². The summed E-state index contributed by atoms with van der Waals surface area (Å²) >= 11 is 0. The zero-order valence-electron chi connectivity index (χ0n) is 10.4. The van der Waals surface area contributed by atoms with Gasteiger partial charge in [-0.3, -0.25) is 9.59 Å². The minimum atomic E-state index is -0.897. The van der Waals surface area contributed by atoms with Crippen molar-refractivity contribution >= 4 is 11.8 Å². The van der Waals surface area contributed by atoms with E-state index in [1.165, 1.54) is 12.1 Å². The first kappa shape index (κ1) is 12.7. The molecule has 1 aromatic rings. The largest absolute Gasteiger partial charge is 0.481 e. The average Bonchev–Trinajstić information content (AvgIpc) is 3.08. The molecule has 2 rings (SSSR count). The van der Waals surface area contributed by atoms with Crippen LogP contribution in [-0.2, 0) is 4.79 Å². The highest BCUT2D eigenvalue weighted by Gasteiger charge is 2.46. The van der Waals surface area contributed by atoms with E-state index in [-0.39, 0.29) is 11.7 Å². The summed E-state index contributed by atoms with van der Waals surface area (Å²) in [4.78, 5) is 22.6. The number of hydrogen-bond donors (Lipinski definition) is 1. The molecule has 1 aromatic carbocycles. The minimum absolute atomic E-state index is 0.0405. The first-order chi connectivity index (χ1) is 8.47. The number of carbonyl (C=O) groups excluding carboxylic acids is 1. The second-order valence-electron chi connectivity index (χ2n) is 4.70. The predicted molar refractivity (Wildman–Crippen MR) is 64.2 cm³/mol. The molecule has 18 heavy (non-hydrogen) atoms. The smallest absolute Gasteiger partial charge is 0.307 e. The van der Waals surface area contributed by atoms with E-state index in [2.05, 4.69) is 0 Å². The number of Topliss-reactive ketones (excluding diaryl/α,β-unsaturated/α-hetero) is 1. The van der Waals surface area contributed by atoms with E-state index in [1.54, 1.807) is 13.8 Å². The SMILES string of the molecule is CCC(=O)c1ccc(F)c(C2CC2C(=O)O)c1C. The Bertz CT molecular complexity index is 522. The number of rotatable bonds is 4. The van der Waals surface area contributed by atoms with Gasteiger partial charge in [-0.1, -0.05) is 6.92 Å². The standard InChI is InChI=1S/C14H15FO3/c1-3-12(16)8-4-5-11(15)13(7(8)2)9-6-10(9)14(17)18/h4-5,9-10H,3,6H2,1-2H3,(H,17,18). The quantitative estimate of drug-likeness (QED) is 0.836. The van der Waals surface area contributed by atoms with Gasteiger partial charge in [0, 0.05) is 17.9 Å². The molecule has 2 atom stereocenters. The van der Waals surface area contributed by atoms with Crippen LogP contribution in [0.3, 0.4) is 0 Å². The first-order valence-corrected chi connectivity index (χ1v) is 6.02. The van der Waals surface area contributed by atoms with Gasteiger partial charge in [-0.2, -0.15) is 0 Å². The van der Waals surface area contributed by atoms with E-state index in [1.807, 2.05) is 0 Å². The maximum atomic E-state index is 13.8. The van der Waals surface area contributed by atoms with Crippen LogP contribution in [0.15, 0.2) is 12.1 Å². The molecular weight excluding hydrogens is 235 g/mol. The van der Waals surface area contributed by atoms with Gasteiger partial charge in [0.15, 0.2) is 5.78 Å². The van der Waals surface area contributed by atoms with Gasteiger partial charge in [0.1, 0.15) is 5.82 Å². The second kappa shape index (κ2) is 4.52. The highest BCUT2D eigenvalue weighted by molar-refractivity contribution is 5.97. The summed E-state index contributed by atoms with van der Waals surface area (Å²) < 4.78 is 13.8. The third-order valence-electron chi connectivity index (χ3n) is 3.56. The second-order valence-corrected chi connectivity index (χ2v) is 4.70. The van der Waals surface area contributed by atoms with Gasteiger partial charge in [0.25, 0.3) is 0 Å². The van der Waals surface area contributed by atoms with Gasteiger partial charge in [0.05, 0.1) is 5.92 Å². The lowest BCUT2D eigenvalue weighted by Gasteiger charge is -2.11. The van der Waals surface area contributed by atoms with Crippen LogP contribution in [0.5, 0.6) is 0 Å². The fourth-order valence-electron chi connectivity index (χ4n) is 2.43. The summed E-state index contributed by atoms with van der Waals surface area (Å²) in [7, 11) is 0. The summed E-state index contributed by atoms with van der Waals surface area (Å²) in [6.45, 7) is 3.44. The van der Waals surface area contributed by atoms with E-state index in [0.29, 0.717) is 29.5 Å². The molecule has 0 bridgehead atoms. The van der Waals surface area contributed by atoms with E-state index in [9.17, 15) is 14.0 Å². The molecule has 1 saturated carbocycles. The summed E-state index contributed by atoms with van der Waals surface area (Å²) in [5.41, 5.74) is 1.50. The third-order valence-corrected chi connectivity index (χ3v) is 3.56. The number of ketones is 1. The van der Waals surface area contributed by atoms with Gasteiger partial charge >= 0.3 is 5.97 Å². The molecule has 0 radical (unpaired) electrons. The number of benzene rings is 1. The fourth-order valence-corrected chi connectivity index (χ4v) is 2.43. The maximum Gasteiger partial charge on any atom is 0.307 e. The molecule has 2 unspecified atom stereocenters. The van der Waals surface area contributed by atoms with E-state index in [0.717, 1.165) is 0 Å². The maximum absolute atomic E-state index is 13.8. The Balaban J connectivity index is 2.42. The zero-order chi connectivity index (χ0) is 13.4. The Morgan fingerprint density at radius 3 is 2.61 bits per heavy atom. The molecule has 96 valence electrons. The van der Waals surface area contributed by atoms with Crippen molar-refractivity contribution in [1.82, 2.24) is 0 Å². The zero-order valence-corrected chi connectivity index (χ0v) is 10.4. The van der Waals surface area contributed by atoms with Gasteiger partial charge in [-0.15, -0.1) is 0 Å². The summed E-state index contributed by atoms with van der Waals surface area (Å²) in [5, 5.41) is 8.90. The topological polar surface area (TPSA) is 54.4 Å². The molecule has 0 heterocycles. The Morgan fingerprint density at radius 1 is 1.44 bits per heavy atom. The number of halogens is 1. The molecule has 0 amide bonds. The van der Waals surface area contributed by atoms with Crippen LogP contribution in [0.4, 0.5) is 4.39 Å². The van der Waals surface area contributed by atoms with Crippen molar-refractivity contribution in [3.05, 3.63) is 34.6 Å². The Hall–Kier alpha value is -1.71. The summed E-state index contributed by atoms with van der Waals surface area (Å²) in [6, 6.07) is 2.75. The number of carboxylic acid groups (broad SMARTS) is 1. The Kier molecular flexibility index (Phi) is 3.20. The van der Waals surface area contributed by atoms with E-state index in [4.69, 9.17) is 5.11 Å². The molecule has 1 aliphatic carbocycles. The molecular formula is C14H15FO3. The highest BCUT2D eigenvalue weighted by Crippen LogP contribution is 2.49. The average molecular weight is 250 g/mol. The molecule has 1 fully saturated rings. The van der Waals surface area contributed by atoms with Crippen LogP contribution in [0, 0.1) is 18.7 Å². The molecule has 0 aromatic heterocycles. The van der Waals surface area contributed by atoms with E-state index < -0.39 is 17.7 Å². The Morgan fingerprint density at radius 2 is 2.11 bits per heavy atom. The van der Waals surface area contributed by atoms with E-state index >= 15 is 0 Å². The van der Waals surface area contributed by atoms with Crippen molar-refractivity contribution in [2.24, 2.45) is 5.92 Å². The van der Waals surface area contributed by atoms with Crippen molar-refractivity contribution in [1.29, 1.82) is 0 Å². The third kappa shape index (κ3) is 2.03. The van der Waals surface area contributed by atoms with Gasteiger partial charge < -0.3 is 5.11 Å². The molecule has 0 aliphatic heterocycles. The van der Waals surface area contributed by atoms with Gasteiger partial charge in [-0.25, -0.2) is 4.39 Å². The lowest BCUT2D eigenvalue weighted by atomic mass is 9.94. The van der Waals surface area contributed by atoms with Gasteiger partial charge in [0.2, 0.25) is 0 Å². The highest BCUT2D eigenvalue weighted by atomic mass is 19.1. The Labute approximate surface area is 105 Å². The van der Waals surface area contributed by atoms with Crippen LogP contribution in [0.1, 0.15) is 47.2 Å². The fraction of sp³-hybridized carbons (Fsp3) is 0.429. The van der Waals surface area contributed by atoms with Crippen LogP contribution >= 0.6 is 0 Å². The molecule has 4 heteroatoms. The molecule has 1 N–H and O–H groups in total. The molecule has 0 spiro atoms. The minimum Gasteiger partial charge on any atom is -0.481 e. The number of carbonyl (C=O) groups is 2. The lowest BCUT2D eigenvalue weighted by molar-refractivity contribution is -0.138. The number of aliphatic carboxylic acids is 1. The molecule has 0 saturated heterocycles. The predicted octanol–water partition coefficient (Wildman–Crippen LogP) is 2.91. The monoisotopic (exact) mass is 250 g/mol. The normalized spacial score (nSPS) is 21.7. The van der Waals surface area contributed by atoms with Gasteiger partial charge in [-0.05, 0) is 36.6 Å². The van der Waals surface area contributed by atoms with Crippen LogP contribution in [-0.4, -0.2) is 16.9 Å². The number of hydrogen-bond acceptors (Lipinski definition) is 2. The molecule has 3 nitrogen and oxygen atoms in total. The number of carboxylic acids is 1. The van der Waals surface area contributed by atoms with Crippen molar-refractivity contribution in [3.63, 3.8) is 0 Å². The van der Waals surface area contributed by atoms with Crippen LogP contribution < -0.4 is 0 Å². The summed E-state index contributed by atoms with van der Waals surface area (Å²) in [6.07, 6.45) is 0.815.